The van der Waals surface area contributed by atoms with Gasteiger partial charge in [-0.2, -0.15) is 0 Å². The summed E-state index contributed by atoms with van der Waals surface area (Å²) in [6.07, 6.45) is 2.41. The number of likely N-dealkylation sites (tertiary alicyclic amines) is 1. The molecule has 1 aromatic rings. The van der Waals surface area contributed by atoms with Gasteiger partial charge in [-0.05, 0) is 25.3 Å². The minimum absolute atomic E-state index is 0.421. The second-order valence-electron chi connectivity index (χ2n) is 4.59. The highest BCUT2D eigenvalue weighted by Gasteiger charge is 2.26. The molecule has 82 valence electrons. The van der Waals surface area contributed by atoms with Crippen molar-refractivity contribution in [3.63, 3.8) is 0 Å². The molecule has 2 nitrogen and oxygen atoms in total. The van der Waals surface area contributed by atoms with E-state index in [1.807, 2.05) is 0 Å². The molecule has 1 fully saturated rings. The molecule has 0 aromatic heterocycles. The van der Waals surface area contributed by atoms with Crippen molar-refractivity contribution in [2.24, 2.45) is 5.73 Å². The van der Waals surface area contributed by atoms with Crippen LogP contribution >= 0.6 is 0 Å². The van der Waals surface area contributed by atoms with Gasteiger partial charge in [0.2, 0.25) is 0 Å². The number of nitrogens with zero attached hydrogens (tertiary/aromatic N) is 1. The van der Waals surface area contributed by atoms with Gasteiger partial charge >= 0.3 is 0 Å². The fourth-order valence-corrected chi connectivity index (χ4v) is 2.11. The molecular formula is C13H20N2. The van der Waals surface area contributed by atoms with Gasteiger partial charge in [0.25, 0.3) is 0 Å². The first-order chi connectivity index (χ1) is 7.25. The monoisotopic (exact) mass is 204 g/mol. The van der Waals surface area contributed by atoms with Crippen LogP contribution in [0.4, 0.5) is 0 Å². The fraction of sp³-hybridized carbons (Fsp3) is 0.538. The van der Waals surface area contributed by atoms with Crippen molar-refractivity contribution >= 4 is 0 Å². The summed E-state index contributed by atoms with van der Waals surface area (Å²) in [4.78, 5) is 2.47. The van der Waals surface area contributed by atoms with Crippen LogP contribution in [-0.4, -0.2) is 30.1 Å². The first-order valence-corrected chi connectivity index (χ1v) is 5.79. The molecule has 15 heavy (non-hydrogen) atoms. The van der Waals surface area contributed by atoms with E-state index in [0.717, 1.165) is 13.1 Å². The summed E-state index contributed by atoms with van der Waals surface area (Å²) in [7, 11) is 0. The zero-order valence-corrected chi connectivity index (χ0v) is 9.39. The van der Waals surface area contributed by atoms with Gasteiger partial charge in [0.15, 0.2) is 0 Å². The van der Waals surface area contributed by atoms with Gasteiger partial charge in [-0.15, -0.1) is 0 Å². The van der Waals surface area contributed by atoms with Crippen LogP contribution < -0.4 is 5.73 Å². The van der Waals surface area contributed by atoms with E-state index in [2.05, 4.69) is 42.2 Å². The third kappa shape index (κ3) is 2.80. The molecule has 1 saturated heterocycles. The quantitative estimate of drug-likeness (QED) is 0.808. The van der Waals surface area contributed by atoms with E-state index in [1.54, 1.807) is 0 Å². The molecule has 1 aliphatic heterocycles. The molecule has 0 saturated carbocycles. The number of aryl methyl sites for hydroxylation is 1. The van der Waals surface area contributed by atoms with Gasteiger partial charge in [-0.25, -0.2) is 0 Å². The minimum atomic E-state index is 0.421. The van der Waals surface area contributed by atoms with Gasteiger partial charge in [0.05, 0.1) is 0 Å². The van der Waals surface area contributed by atoms with E-state index in [9.17, 15) is 0 Å². The lowest BCUT2D eigenvalue weighted by atomic mass is 10.0. The van der Waals surface area contributed by atoms with Crippen molar-refractivity contribution in [1.29, 1.82) is 0 Å². The minimum Gasteiger partial charge on any atom is -0.325 e. The second kappa shape index (κ2) is 4.77. The average molecular weight is 204 g/mol. The van der Waals surface area contributed by atoms with Crippen molar-refractivity contribution in [3.05, 3.63) is 35.9 Å². The average Bonchev–Trinajstić information content (AvgIpc) is 2.23. The van der Waals surface area contributed by atoms with E-state index in [-0.39, 0.29) is 0 Å². The molecular weight excluding hydrogens is 184 g/mol. The summed E-state index contributed by atoms with van der Waals surface area (Å²) in [6, 6.07) is 11.8. The van der Waals surface area contributed by atoms with Gasteiger partial charge in [0.1, 0.15) is 0 Å². The van der Waals surface area contributed by atoms with Gasteiger partial charge in [-0.1, -0.05) is 30.3 Å². The lowest BCUT2D eigenvalue weighted by Gasteiger charge is -2.41. The van der Waals surface area contributed by atoms with Gasteiger partial charge in [-0.3, -0.25) is 4.90 Å². The standard InChI is InChI=1S/C13H20N2/c1-11(15-9-13(14)10-15)7-8-12-5-3-2-4-6-12/h2-6,11,13H,7-10,14H2,1H3. The second-order valence-corrected chi connectivity index (χ2v) is 4.59. The van der Waals surface area contributed by atoms with Crippen LogP contribution in [0.2, 0.25) is 0 Å². The molecule has 2 heteroatoms. The summed E-state index contributed by atoms with van der Waals surface area (Å²) < 4.78 is 0. The molecule has 1 aromatic carbocycles. The highest BCUT2D eigenvalue weighted by atomic mass is 15.2. The molecule has 1 unspecified atom stereocenters. The highest BCUT2D eigenvalue weighted by Crippen LogP contribution is 2.15. The zero-order valence-electron chi connectivity index (χ0n) is 9.39. The summed E-state index contributed by atoms with van der Waals surface area (Å²) in [5.74, 6) is 0. The number of benzene rings is 1. The van der Waals surface area contributed by atoms with Crippen molar-refractivity contribution in [2.45, 2.75) is 31.8 Å². The Hall–Kier alpha value is -0.860. The third-order valence-electron chi connectivity index (χ3n) is 3.25. The van der Waals surface area contributed by atoms with Crippen LogP contribution in [0.5, 0.6) is 0 Å². The van der Waals surface area contributed by atoms with E-state index in [4.69, 9.17) is 5.73 Å². The molecule has 0 amide bonds. The predicted octanol–water partition coefficient (Wildman–Crippen LogP) is 1.65. The lowest BCUT2D eigenvalue weighted by molar-refractivity contribution is 0.0984. The Balaban J connectivity index is 1.74. The van der Waals surface area contributed by atoms with Crippen molar-refractivity contribution in [2.75, 3.05) is 13.1 Å². The van der Waals surface area contributed by atoms with Crippen molar-refractivity contribution in [3.8, 4) is 0 Å². The maximum atomic E-state index is 5.77. The normalized spacial score (nSPS) is 19.9. The number of hydrogen-bond donors (Lipinski definition) is 1. The molecule has 0 radical (unpaired) electrons. The molecule has 2 N–H and O–H groups in total. The van der Waals surface area contributed by atoms with Gasteiger partial charge in [0, 0.05) is 25.2 Å². The van der Waals surface area contributed by atoms with Crippen LogP contribution in [0.15, 0.2) is 30.3 Å². The largest absolute Gasteiger partial charge is 0.325 e. The Bertz CT molecular complexity index is 291. The van der Waals surface area contributed by atoms with Crippen molar-refractivity contribution < 1.29 is 0 Å². The predicted molar refractivity (Wildman–Crippen MR) is 63.8 cm³/mol. The first kappa shape index (κ1) is 10.7. The molecule has 0 bridgehead atoms. The summed E-state index contributed by atoms with van der Waals surface area (Å²) >= 11 is 0. The highest BCUT2D eigenvalue weighted by molar-refractivity contribution is 5.14. The molecule has 0 aliphatic carbocycles. The SMILES string of the molecule is CC(CCc1ccccc1)N1CC(N)C1. The van der Waals surface area contributed by atoms with Gasteiger partial charge < -0.3 is 5.73 Å². The van der Waals surface area contributed by atoms with E-state index >= 15 is 0 Å². The van der Waals surface area contributed by atoms with E-state index < -0.39 is 0 Å². The molecule has 0 spiro atoms. The zero-order chi connectivity index (χ0) is 10.7. The molecule has 1 aliphatic rings. The Kier molecular flexibility index (Phi) is 3.39. The summed E-state index contributed by atoms with van der Waals surface area (Å²) in [5, 5.41) is 0. The third-order valence-corrected chi connectivity index (χ3v) is 3.25. The molecule has 2 rings (SSSR count). The number of rotatable bonds is 4. The van der Waals surface area contributed by atoms with Crippen LogP contribution in [-0.2, 0) is 6.42 Å². The van der Waals surface area contributed by atoms with E-state index in [1.165, 1.54) is 18.4 Å². The number of hydrogen-bond acceptors (Lipinski definition) is 2. The Morgan fingerprint density at radius 3 is 2.60 bits per heavy atom. The number of nitrogens with two attached hydrogens (primary N) is 1. The van der Waals surface area contributed by atoms with Crippen LogP contribution in [0.25, 0.3) is 0 Å². The fourth-order valence-electron chi connectivity index (χ4n) is 2.11. The van der Waals surface area contributed by atoms with Crippen LogP contribution in [0.1, 0.15) is 18.9 Å². The smallest absolute Gasteiger partial charge is 0.0297 e. The Morgan fingerprint density at radius 2 is 2.00 bits per heavy atom. The lowest BCUT2D eigenvalue weighted by Crippen LogP contribution is -2.58. The van der Waals surface area contributed by atoms with Crippen LogP contribution in [0.3, 0.4) is 0 Å². The topological polar surface area (TPSA) is 29.3 Å². The van der Waals surface area contributed by atoms with E-state index in [0.29, 0.717) is 12.1 Å². The molecule has 1 heterocycles. The summed E-state index contributed by atoms with van der Waals surface area (Å²) in [6.45, 7) is 4.46. The molecule has 1 atom stereocenters. The van der Waals surface area contributed by atoms with Crippen molar-refractivity contribution in [1.82, 2.24) is 4.90 Å². The first-order valence-electron chi connectivity index (χ1n) is 5.79. The Morgan fingerprint density at radius 1 is 1.33 bits per heavy atom. The van der Waals surface area contributed by atoms with Crippen LogP contribution in [0, 0.1) is 0 Å². The Labute approximate surface area is 92.1 Å². The maximum absolute atomic E-state index is 5.77. The summed E-state index contributed by atoms with van der Waals surface area (Å²) in [5.41, 5.74) is 7.21. The maximum Gasteiger partial charge on any atom is 0.0297 e.